The summed E-state index contributed by atoms with van der Waals surface area (Å²) >= 11 is 1.61. The summed E-state index contributed by atoms with van der Waals surface area (Å²) in [5, 5.41) is 12.8. The molecule has 3 heterocycles. The molecule has 27 heavy (non-hydrogen) atoms. The Balaban J connectivity index is 1.62. The van der Waals surface area contributed by atoms with Gasteiger partial charge in [0.1, 0.15) is 0 Å². The molecule has 1 aromatic carbocycles. The molecule has 4 rings (SSSR count). The molecule has 0 bridgehead atoms. The number of rotatable bonds is 5. The summed E-state index contributed by atoms with van der Waals surface area (Å²) in [7, 11) is 1.66. The highest BCUT2D eigenvalue weighted by Crippen LogP contribution is 2.16. The predicted octanol–water partition coefficient (Wildman–Crippen LogP) is 2.63. The van der Waals surface area contributed by atoms with Crippen molar-refractivity contribution in [3.63, 3.8) is 0 Å². The second-order valence-corrected chi connectivity index (χ2v) is 7.21. The molecule has 138 valence electrons. The maximum atomic E-state index is 12.6. The third kappa shape index (κ3) is 3.23. The summed E-state index contributed by atoms with van der Waals surface area (Å²) in [5.41, 5.74) is 2.69. The van der Waals surface area contributed by atoms with Gasteiger partial charge in [-0.15, -0.1) is 10.2 Å². The Hall–Kier alpha value is -3.00. The van der Waals surface area contributed by atoms with Crippen molar-refractivity contribution in [1.29, 1.82) is 0 Å². The fourth-order valence-electron chi connectivity index (χ4n) is 3.05. The Kier molecular flexibility index (Phi) is 4.49. The lowest BCUT2D eigenvalue weighted by Crippen LogP contribution is -2.20. The van der Waals surface area contributed by atoms with Crippen molar-refractivity contribution in [2.45, 2.75) is 26.4 Å². The van der Waals surface area contributed by atoms with Crippen LogP contribution in [-0.2, 0) is 29.6 Å². The second kappa shape index (κ2) is 6.96. The maximum Gasteiger partial charge on any atom is 0.306 e. The molecule has 0 fully saturated rings. The van der Waals surface area contributed by atoms with Gasteiger partial charge in [-0.1, -0.05) is 11.6 Å². The van der Waals surface area contributed by atoms with Gasteiger partial charge >= 0.3 is 5.97 Å². The largest absolute Gasteiger partial charge is 0.457 e. The number of fused-ring (bicyclic) bond motifs is 3. The lowest BCUT2D eigenvalue weighted by Gasteiger charge is -2.09. The number of carbonyl (C=O) groups is 1. The summed E-state index contributed by atoms with van der Waals surface area (Å²) in [6, 6.07) is 7.63. The lowest BCUT2D eigenvalue weighted by molar-refractivity contribution is -0.145. The summed E-state index contributed by atoms with van der Waals surface area (Å²) in [6.45, 7) is 1.94. The zero-order chi connectivity index (χ0) is 19.0. The molecular weight excluding hydrogens is 364 g/mol. The SMILES string of the molecule is Cc1ccc2c(c1)c(=O)n(C)c1nnc(COC(=O)CCc3ccsc3)n21. The number of benzene rings is 1. The predicted molar refractivity (Wildman–Crippen MR) is 103 cm³/mol. The van der Waals surface area contributed by atoms with Crippen molar-refractivity contribution < 1.29 is 9.53 Å². The quantitative estimate of drug-likeness (QED) is 0.496. The molecule has 0 unspecified atom stereocenters. The van der Waals surface area contributed by atoms with E-state index in [9.17, 15) is 9.59 Å². The summed E-state index contributed by atoms with van der Waals surface area (Å²) in [5.74, 6) is 0.613. The van der Waals surface area contributed by atoms with Crippen LogP contribution in [0, 0.1) is 6.92 Å². The van der Waals surface area contributed by atoms with E-state index in [-0.39, 0.29) is 18.1 Å². The Bertz CT molecular complexity index is 1190. The second-order valence-electron chi connectivity index (χ2n) is 6.43. The van der Waals surface area contributed by atoms with Crippen LogP contribution in [0.4, 0.5) is 0 Å². The molecule has 0 aliphatic rings. The Morgan fingerprint density at radius 3 is 2.89 bits per heavy atom. The smallest absolute Gasteiger partial charge is 0.306 e. The van der Waals surface area contributed by atoms with Gasteiger partial charge in [0, 0.05) is 13.5 Å². The molecule has 0 atom stereocenters. The van der Waals surface area contributed by atoms with Gasteiger partial charge in [0.2, 0.25) is 5.78 Å². The molecule has 0 N–H and O–H groups in total. The molecule has 0 saturated heterocycles. The van der Waals surface area contributed by atoms with Crippen LogP contribution in [0.2, 0.25) is 0 Å². The van der Waals surface area contributed by atoms with Crippen LogP contribution in [-0.4, -0.2) is 25.1 Å². The van der Waals surface area contributed by atoms with Crippen molar-refractivity contribution >= 4 is 34.0 Å². The fraction of sp³-hybridized carbons (Fsp3) is 0.263. The minimum Gasteiger partial charge on any atom is -0.457 e. The van der Waals surface area contributed by atoms with Gasteiger partial charge in [-0.2, -0.15) is 11.3 Å². The number of ether oxygens (including phenoxy) is 1. The van der Waals surface area contributed by atoms with Crippen LogP contribution in [0.5, 0.6) is 0 Å². The number of hydrogen-bond donors (Lipinski definition) is 0. The average Bonchev–Trinajstić information content (AvgIpc) is 3.32. The molecular formula is C19H18N4O3S. The first kappa shape index (κ1) is 17.4. The normalized spacial score (nSPS) is 11.3. The van der Waals surface area contributed by atoms with E-state index in [1.165, 1.54) is 4.57 Å². The van der Waals surface area contributed by atoms with Gasteiger partial charge in [0.05, 0.1) is 10.9 Å². The van der Waals surface area contributed by atoms with Crippen molar-refractivity contribution in [3.8, 4) is 0 Å². The van der Waals surface area contributed by atoms with Crippen LogP contribution >= 0.6 is 11.3 Å². The third-order valence-corrected chi connectivity index (χ3v) is 5.23. The van der Waals surface area contributed by atoms with Crippen molar-refractivity contribution in [3.05, 3.63) is 62.3 Å². The number of carbonyl (C=O) groups excluding carboxylic acids is 1. The summed E-state index contributed by atoms with van der Waals surface area (Å²) in [4.78, 5) is 24.6. The molecule has 0 saturated carbocycles. The minimum absolute atomic E-state index is 0.00478. The molecule has 0 aliphatic heterocycles. The van der Waals surface area contributed by atoms with E-state index in [2.05, 4.69) is 10.2 Å². The van der Waals surface area contributed by atoms with Crippen molar-refractivity contribution in [2.24, 2.45) is 7.05 Å². The van der Waals surface area contributed by atoms with Crippen LogP contribution in [0.15, 0.2) is 39.8 Å². The number of thiophene rings is 1. The zero-order valence-electron chi connectivity index (χ0n) is 15.0. The van der Waals surface area contributed by atoms with Gasteiger partial charge in [0.15, 0.2) is 12.4 Å². The first-order valence-electron chi connectivity index (χ1n) is 8.54. The van der Waals surface area contributed by atoms with E-state index in [4.69, 9.17) is 4.74 Å². The number of hydrogen-bond acceptors (Lipinski definition) is 6. The molecule has 0 aliphatic carbocycles. The fourth-order valence-corrected chi connectivity index (χ4v) is 3.75. The van der Waals surface area contributed by atoms with Crippen molar-refractivity contribution in [1.82, 2.24) is 19.2 Å². The van der Waals surface area contributed by atoms with E-state index in [1.807, 2.05) is 41.9 Å². The van der Waals surface area contributed by atoms with E-state index >= 15 is 0 Å². The molecule has 0 amide bonds. The molecule has 8 heteroatoms. The van der Waals surface area contributed by atoms with Gasteiger partial charge in [-0.3, -0.25) is 18.6 Å². The third-order valence-electron chi connectivity index (χ3n) is 4.50. The van der Waals surface area contributed by atoms with E-state index in [0.717, 1.165) is 11.1 Å². The summed E-state index contributed by atoms with van der Waals surface area (Å²) < 4.78 is 8.61. The molecule has 0 radical (unpaired) electrons. The van der Waals surface area contributed by atoms with Gasteiger partial charge in [-0.25, -0.2) is 0 Å². The zero-order valence-corrected chi connectivity index (χ0v) is 15.8. The first-order valence-corrected chi connectivity index (χ1v) is 9.49. The molecule has 3 aromatic heterocycles. The Morgan fingerprint density at radius 2 is 2.11 bits per heavy atom. The van der Waals surface area contributed by atoms with Crippen LogP contribution in [0.25, 0.3) is 16.7 Å². The van der Waals surface area contributed by atoms with Gasteiger partial charge in [0.25, 0.3) is 5.56 Å². The highest BCUT2D eigenvalue weighted by Gasteiger charge is 2.16. The van der Waals surface area contributed by atoms with Crippen LogP contribution in [0.1, 0.15) is 23.4 Å². The van der Waals surface area contributed by atoms with E-state index in [1.54, 1.807) is 22.8 Å². The topological polar surface area (TPSA) is 78.5 Å². The number of nitrogens with zero attached hydrogens (tertiary/aromatic N) is 4. The molecule has 7 nitrogen and oxygen atoms in total. The molecule has 4 aromatic rings. The lowest BCUT2D eigenvalue weighted by atomic mass is 10.1. The standard InChI is InChI=1S/C19H18N4O3S/c1-12-3-5-15-14(9-12)18(25)22(2)19-21-20-16(23(15)19)10-26-17(24)6-4-13-7-8-27-11-13/h3,5,7-9,11H,4,6,10H2,1-2H3. The van der Waals surface area contributed by atoms with Crippen LogP contribution < -0.4 is 5.56 Å². The highest BCUT2D eigenvalue weighted by molar-refractivity contribution is 7.07. The highest BCUT2D eigenvalue weighted by atomic mass is 32.1. The minimum atomic E-state index is -0.289. The van der Waals surface area contributed by atoms with E-state index < -0.39 is 0 Å². The number of aromatic nitrogens is 4. The maximum absolute atomic E-state index is 12.6. The molecule has 0 spiro atoms. The van der Waals surface area contributed by atoms with E-state index in [0.29, 0.717) is 35.3 Å². The van der Waals surface area contributed by atoms with Gasteiger partial charge < -0.3 is 4.74 Å². The monoisotopic (exact) mass is 382 g/mol. The first-order chi connectivity index (χ1) is 13.0. The Morgan fingerprint density at radius 1 is 1.26 bits per heavy atom. The number of aryl methyl sites for hydroxylation is 3. The average molecular weight is 382 g/mol. The Labute approximate surface area is 158 Å². The van der Waals surface area contributed by atoms with Gasteiger partial charge in [-0.05, 0) is 47.9 Å². The van der Waals surface area contributed by atoms with Crippen molar-refractivity contribution in [2.75, 3.05) is 0 Å². The number of esters is 1. The van der Waals surface area contributed by atoms with Crippen LogP contribution in [0.3, 0.4) is 0 Å². The summed E-state index contributed by atoms with van der Waals surface area (Å²) in [6.07, 6.45) is 0.964.